The predicted molar refractivity (Wildman–Crippen MR) is 81.1 cm³/mol. The van der Waals surface area contributed by atoms with Crippen molar-refractivity contribution < 1.29 is 0 Å². The van der Waals surface area contributed by atoms with E-state index in [1.165, 1.54) is 5.69 Å². The monoisotopic (exact) mass is 290 g/mol. The van der Waals surface area contributed by atoms with Crippen LogP contribution in [0.25, 0.3) is 4.96 Å². The van der Waals surface area contributed by atoms with E-state index >= 15 is 0 Å². The van der Waals surface area contributed by atoms with E-state index in [4.69, 9.17) is 10.7 Å². The molecule has 0 aliphatic heterocycles. The lowest BCUT2D eigenvalue weighted by molar-refractivity contribution is 0.751. The fourth-order valence-electron chi connectivity index (χ4n) is 2.33. The SMILES string of the molecule is CN(Cc1nccn1C)c1nc2sccn2c1CCN. The highest BCUT2D eigenvalue weighted by Gasteiger charge is 2.17. The number of hydrogen-bond acceptors (Lipinski definition) is 5. The molecule has 0 amide bonds. The fraction of sp³-hybridized carbons (Fsp3) is 0.385. The summed E-state index contributed by atoms with van der Waals surface area (Å²) in [4.78, 5) is 12.2. The van der Waals surface area contributed by atoms with Gasteiger partial charge in [-0.1, -0.05) is 0 Å². The number of rotatable bonds is 5. The van der Waals surface area contributed by atoms with Gasteiger partial charge in [-0.15, -0.1) is 11.3 Å². The lowest BCUT2D eigenvalue weighted by Gasteiger charge is -2.18. The van der Waals surface area contributed by atoms with Crippen molar-refractivity contribution in [2.75, 3.05) is 18.5 Å². The second kappa shape index (κ2) is 5.26. The average molecular weight is 290 g/mol. The lowest BCUT2D eigenvalue weighted by atomic mass is 10.3. The highest BCUT2D eigenvalue weighted by atomic mass is 32.1. The van der Waals surface area contributed by atoms with E-state index in [1.54, 1.807) is 11.3 Å². The molecule has 0 fully saturated rings. The molecule has 0 bridgehead atoms. The fourth-order valence-corrected chi connectivity index (χ4v) is 3.06. The van der Waals surface area contributed by atoms with Crippen molar-refractivity contribution >= 4 is 22.1 Å². The maximum atomic E-state index is 5.74. The van der Waals surface area contributed by atoms with E-state index in [0.29, 0.717) is 6.54 Å². The topological polar surface area (TPSA) is 64.4 Å². The second-order valence-electron chi connectivity index (χ2n) is 4.79. The van der Waals surface area contributed by atoms with Gasteiger partial charge in [-0.3, -0.25) is 4.40 Å². The number of aryl methyl sites for hydroxylation is 1. The number of thiazole rings is 1. The zero-order valence-corrected chi connectivity index (χ0v) is 12.5. The minimum atomic E-state index is 0.618. The number of imidazole rings is 2. The van der Waals surface area contributed by atoms with Crippen LogP contribution in [-0.2, 0) is 20.0 Å². The van der Waals surface area contributed by atoms with Gasteiger partial charge in [-0.25, -0.2) is 9.97 Å². The molecule has 0 saturated carbocycles. The molecule has 0 radical (unpaired) electrons. The molecule has 0 aliphatic rings. The first-order chi connectivity index (χ1) is 9.70. The Morgan fingerprint density at radius 1 is 1.40 bits per heavy atom. The molecular formula is C13H18N6S. The van der Waals surface area contributed by atoms with Gasteiger partial charge >= 0.3 is 0 Å². The first-order valence-electron chi connectivity index (χ1n) is 6.52. The average Bonchev–Trinajstić information content (AvgIpc) is 3.09. The van der Waals surface area contributed by atoms with E-state index < -0.39 is 0 Å². The Labute approximate surface area is 121 Å². The summed E-state index contributed by atoms with van der Waals surface area (Å²) < 4.78 is 4.15. The van der Waals surface area contributed by atoms with Crippen LogP contribution < -0.4 is 10.6 Å². The van der Waals surface area contributed by atoms with Crippen molar-refractivity contribution in [2.24, 2.45) is 12.8 Å². The molecule has 106 valence electrons. The van der Waals surface area contributed by atoms with E-state index in [-0.39, 0.29) is 0 Å². The molecule has 3 aromatic rings. The van der Waals surface area contributed by atoms with Crippen LogP contribution in [0.1, 0.15) is 11.5 Å². The number of aromatic nitrogens is 4. The van der Waals surface area contributed by atoms with Crippen LogP contribution in [0.5, 0.6) is 0 Å². The zero-order chi connectivity index (χ0) is 14.1. The maximum absolute atomic E-state index is 5.74. The Balaban J connectivity index is 1.94. The molecule has 0 unspecified atom stereocenters. The molecule has 3 rings (SSSR count). The highest BCUT2D eigenvalue weighted by Crippen LogP contribution is 2.25. The molecule has 2 N–H and O–H groups in total. The smallest absolute Gasteiger partial charge is 0.195 e. The molecule has 0 aromatic carbocycles. The summed E-state index contributed by atoms with van der Waals surface area (Å²) in [5, 5.41) is 2.05. The van der Waals surface area contributed by atoms with Gasteiger partial charge < -0.3 is 15.2 Å². The minimum Gasteiger partial charge on any atom is -0.351 e. The molecule has 0 saturated heterocycles. The second-order valence-corrected chi connectivity index (χ2v) is 5.66. The largest absolute Gasteiger partial charge is 0.351 e. The molecule has 0 atom stereocenters. The van der Waals surface area contributed by atoms with Crippen LogP contribution in [-0.4, -0.2) is 32.5 Å². The van der Waals surface area contributed by atoms with Gasteiger partial charge in [0.2, 0.25) is 0 Å². The van der Waals surface area contributed by atoms with Crippen molar-refractivity contribution in [3.63, 3.8) is 0 Å². The van der Waals surface area contributed by atoms with Crippen LogP contribution in [0.2, 0.25) is 0 Å². The van der Waals surface area contributed by atoms with Crippen LogP contribution in [0.15, 0.2) is 24.0 Å². The van der Waals surface area contributed by atoms with Gasteiger partial charge in [0.05, 0.1) is 12.2 Å². The molecular weight excluding hydrogens is 272 g/mol. The van der Waals surface area contributed by atoms with Gasteiger partial charge in [-0.05, 0) is 6.54 Å². The Bertz CT molecular complexity index is 709. The van der Waals surface area contributed by atoms with Crippen molar-refractivity contribution in [1.82, 2.24) is 18.9 Å². The van der Waals surface area contributed by atoms with Gasteiger partial charge in [0, 0.05) is 44.5 Å². The Kier molecular flexibility index (Phi) is 3.45. The van der Waals surface area contributed by atoms with Crippen molar-refractivity contribution in [1.29, 1.82) is 0 Å². The normalized spacial score (nSPS) is 11.3. The van der Waals surface area contributed by atoms with Crippen LogP contribution in [0, 0.1) is 0 Å². The standard InChI is InChI=1S/C13H18N6S/c1-17-6-5-15-11(17)9-18(2)12-10(3-4-14)19-7-8-20-13(19)16-12/h5-8H,3-4,9,14H2,1-2H3. The molecule has 6 nitrogen and oxygen atoms in total. The van der Waals surface area contributed by atoms with E-state index in [2.05, 4.69) is 20.5 Å². The number of fused-ring (bicyclic) bond motifs is 1. The molecule has 0 aliphatic carbocycles. The maximum Gasteiger partial charge on any atom is 0.195 e. The Hall–Kier alpha value is -1.86. The number of hydrogen-bond donors (Lipinski definition) is 1. The first kappa shape index (κ1) is 13.1. The van der Waals surface area contributed by atoms with E-state index in [1.807, 2.05) is 36.4 Å². The Morgan fingerprint density at radius 2 is 2.25 bits per heavy atom. The number of anilines is 1. The highest BCUT2D eigenvalue weighted by molar-refractivity contribution is 7.15. The summed E-state index contributed by atoms with van der Waals surface area (Å²) in [5.74, 6) is 2.01. The summed E-state index contributed by atoms with van der Waals surface area (Å²) in [5.41, 5.74) is 6.90. The van der Waals surface area contributed by atoms with Crippen molar-refractivity contribution in [3.8, 4) is 0 Å². The number of nitrogens with two attached hydrogens (primary N) is 1. The van der Waals surface area contributed by atoms with E-state index in [0.717, 1.165) is 29.6 Å². The van der Waals surface area contributed by atoms with Crippen molar-refractivity contribution in [3.05, 3.63) is 35.5 Å². The van der Waals surface area contributed by atoms with Gasteiger partial charge in [-0.2, -0.15) is 0 Å². The zero-order valence-electron chi connectivity index (χ0n) is 11.7. The van der Waals surface area contributed by atoms with E-state index in [9.17, 15) is 0 Å². The van der Waals surface area contributed by atoms with Crippen LogP contribution >= 0.6 is 11.3 Å². The summed E-state index contributed by atoms with van der Waals surface area (Å²) in [6.07, 6.45) is 6.64. The van der Waals surface area contributed by atoms with Crippen LogP contribution in [0.4, 0.5) is 5.82 Å². The lowest BCUT2D eigenvalue weighted by Crippen LogP contribution is -2.21. The minimum absolute atomic E-state index is 0.618. The third kappa shape index (κ3) is 2.19. The summed E-state index contributed by atoms with van der Waals surface area (Å²) in [6.45, 7) is 1.35. The third-order valence-electron chi connectivity index (χ3n) is 3.38. The molecule has 3 heterocycles. The number of nitrogens with zero attached hydrogens (tertiary/aromatic N) is 5. The summed E-state index contributed by atoms with van der Waals surface area (Å²) >= 11 is 1.64. The van der Waals surface area contributed by atoms with Gasteiger partial charge in [0.25, 0.3) is 0 Å². The third-order valence-corrected chi connectivity index (χ3v) is 4.14. The Morgan fingerprint density at radius 3 is 2.95 bits per heavy atom. The quantitative estimate of drug-likeness (QED) is 0.768. The van der Waals surface area contributed by atoms with Crippen molar-refractivity contribution in [2.45, 2.75) is 13.0 Å². The van der Waals surface area contributed by atoms with Crippen LogP contribution in [0.3, 0.4) is 0 Å². The summed E-state index contributed by atoms with van der Waals surface area (Å²) in [7, 11) is 4.05. The van der Waals surface area contributed by atoms with Gasteiger partial charge in [0.15, 0.2) is 10.8 Å². The predicted octanol–water partition coefficient (Wildman–Crippen LogP) is 1.27. The van der Waals surface area contributed by atoms with Gasteiger partial charge in [0.1, 0.15) is 5.82 Å². The first-order valence-corrected chi connectivity index (χ1v) is 7.40. The molecule has 20 heavy (non-hydrogen) atoms. The molecule has 3 aromatic heterocycles. The summed E-state index contributed by atoms with van der Waals surface area (Å²) in [6, 6.07) is 0. The molecule has 0 spiro atoms. The molecule has 7 heteroatoms.